The Morgan fingerprint density at radius 3 is 2.69 bits per heavy atom. The molecule has 1 aliphatic heterocycles. The van der Waals surface area contributed by atoms with Gasteiger partial charge in [0, 0.05) is 0 Å². The molecule has 29 heavy (non-hydrogen) atoms. The number of carboxylic acids is 1. The zero-order valence-electron chi connectivity index (χ0n) is 15.2. The summed E-state index contributed by atoms with van der Waals surface area (Å²) in [4.78, 5) is 48.3. The van der Waals surface area contributed by atoms with Crippen molar-refractivity contribution in [1.82, 2.24) is 10.2 Å². The number of rotatable bonds is 7. The fourth-order valence-corrected chi connectivity index (χ4v) is 2.59. The third-order valence-electron chi connectivity index (χ3n) is 3.92. The summed E-state index contributed by atoms with van der Waals surface area (Å²) in [6.07, 6.45) is 2.68. The van der Waals surface area contributed by atoms with Gasteiger partial charge in [-0.1, -0.05) is 6.07 Å². The summed E-state index contributed by atoms with van der Waals surface area (Å²) in [5.41, 5.74) is 0.134. The van der Waals surface area contributed by atoms with Crippen molar-refractivity contribution < 1.29 is 38.2 Å². The summed E-state index contributed by atoms with van der Waals surface area (Å²) < 4.78 is 15.3. The molecular formula is C19H15N2O8-. The molecule has 2 aromatic rings. The molecular weight excluding hydrogens is 384 g/mol. The minimum Gasteiger partial charge on any atom is -0.546 e. The number of benzene rings is 1. The highest BCUT2D eigenvalue weighted by molar-refractivity contribution is 6.30. The number of nitrogens with one attached hydrogen (secondary N) is 1. The summed E-state index contributed by atoms with van der Waals surface area (Å²) in [6, 6.07) is 6.72. The van der Waals surface area contributed by atoms with Crippen molar-refractivity contribution in [2.45, 2.75) is 6.54 Å². The first-order chi connectivity index (χ1) is 13.9. The molecule has 0 atom stereocenters. The Labute approximate surface area is 164 Å². The van der Waals surface area contributed by atoms with Crippen molar-refractivity contribution in [2.24, 2.45) is 0 Å². The molecule has 10 heteroatoms. The van der Waals surface area contributed by atoms with Gasteiger partial charge in [0.15, 0.2) is 11.5 Å². The van der Waals surface area contributed by atoms with Crippen LogP contribution in [0.2, 0.25) is 0 Å². The van der Waals surface area contributed by atoms with Crippen LogP contribution in [0, 0.1) is 0 Å². The normalized spacial score (nSPS) is 15.4. The summed E-state index contributed by atoms with van der Waals surface area (Å²) in [5.74, 6) is -2.32. The smallest absolute Gasteiger partial charge is 0.331 e. The van der Waals surface area contributed by atoms with Crippen molar-refractivity contribution in [3.05, 3.63) is 53.5 Å². The maximum Gasteiger partial charge on any atom is 0.331 e. The number of barbiturate groups is 1. The number of amides is 4. The minimum atomic E-state index is -1.40. The third-order valence-corrected chi connectivity index (χ3v) is 3.92. The van der Waals surface area contributed by atoms with Crippen LogP contribution >= 0.6 is 0 Å². The van der Waals surface area contributed by atoms with Gasteiger partial charge in [-0.05, 0) is 35.9 Å². The lowest BCUT2D eigenvalue weighted by atomic mass is 10.1. The van der Waals surface area contributed by atoms with E-state index in [-0.39, 0.29) is 23.6 Å². The van der Waals surface area contributed by atoms with Crippen molar-refractivity contribution >= 4 is 29.9 Å². The Bertz CT molecular complexity index is 994. The Hall–Kier alpha value is -4.08. The van der Waals surface area contributed by atoms with E-state index in [1.54, 1.807) is 12.1 Å². The highest BCUT2D eigenvalue weighted by Crippen LogP contribution is 2.29. The molecule has 2 heterocycles. The number of hydrogen-bond donors (Lipinski definition) is 1. The molecule has 3 rings (SSSR count). The molecule has 1 aromatic heterocycles. The number of ether oxygens (including phenoxy) is 2. The Morgan fingerprint density at radius 2 is 2.03 bits per heavy atom. The summed E-state index contributed by atoms with van der Waals surface area (Å²) in [5, 5.41) is 12.6. The van der Waals surface area contributed by atoms with E-state index < -0.39 is 30.4 Å². The van der Waals surface area contributed by atoms with Gasteiger partial charge >= 0.3 is 6.03 Å². The van der Waals surface area contributed by atoms with Gasteiger partial charge in [-0.25, -0.2) is 4.79 Å². The van der Waals surface area contributed by atoms with Gasteiger partial charge in [-0.15, -0.1) is 0 Å². The van der Waals surface area contributed by atoms with Crippen molar-refractivity contribution in [2.75, 3.05) is 13.7 Å². The number of aliphatic carboxylic acids is 1. The molecule has 1 aliphatic rings. The second kappa shape index (κ2) is 8.30. The number of carboxylic acid groups (broad SMARTS) is 1. The van der Waals surface area contributed by atoms with Crippen LogP contribution in [0.25, 0.3) is 6.08 Å². The highest BCUT2D eigenvalue weighted by Gasteiger charge is 2.36. The zero-order chi connectivity index (χ0) is 21.0. The lowest BCUT2D eigenvalue weighted by Gasteiger charge is -2.25. The van der Waals surface area contributed by atoms with E-state index in [2.05, 4.69) is 5.32 Å². The van der Waals surface area contributed by atoms with Crippen LogP contribution in [0.1, 0.15) is 11.3 Å². The fourth-order valence-electron chi connectivity index (χ4n) is 2.59. The lowest BCUT2D eigenvalue weighted by molar-refractivity contribution is -0.307. The first-order valence-electron chi connectivity index (χ1n) is 8.31. The molecule has 1 aromatic carbocycles. The first kappa shape index (κ1) is 19.7. The van der Waals surface area contributed by atoms with Gasteiger partial charge in [0.2, 0.25) is 0 Å². The Balaban J connectivity index is 1.87. The third kappa shape index (κ3) is 4.43. The van der Waals surface area contributed by atoms with E-state index in [4.69, 9.17) is 13.9 Å². The molecule has 0 spiro atoms. The number of carbonyl (C=O) groups is 4. The molecule has 0 saturated carbocycles. The van der Waals surface area contributed by atoms with Gasteiger partial charge in [0.05, 0.1) is 25.9 Å². The average molecular weight is 399 g/mol. The van der Waals surface area contributed by atoms with E-state index in [0.717, 1.165) is 4.90 Å². The van der Waals surface area contributed by atoms with E-state index in [0.29, 0.717) is 11.3 Å². The Morgan fingerprint density at radius 1 is 1.24 bits per heavy atom. The SMILES string of the molecule is COc1cc(/C=C2\C(=O)NC(=O)N(Cc3ccco3)C2=O)ccc1OCC(=O)[O-]. The maximum atomic E-state index is 12.7. The average Bonchev–Trinajstić information content (AvgIpc) is 3.20. The van der Waals surface area contributed by atoms with Crippen LogP contribution in [0.5, 0.6) is 11.5 Å². The fraction of sp³-hybridized carbons (Fsp3) is 0.158. The number of urea groups is 1. The molecule has 0 bridgehead atoms. The second-order valence-corrected chi connectivity index (χ2v) is 5.86. The van der Waals surface area contributed by atoms with Gasteiger partial charge < -0.3 is 23.8 Å². The van der Waals surface area contributed by atoms with Crippen LogP contribution in [-0.2, 0) is 20.9 Å². The molecule has 10 nitrogen and oxygen atoms in total. The summed E-state index contributed by atoms with van der Waals surface area (Å²) in [7, 11) is 1.35. The zero-order valence-corrected chi connectivity index (χ0v) is 15.2. The predicted molar refractivity (Wildman–Crippen MR) is 94.3 cm³/mol. The molecule has 150 valence electrons. The van der Waals surface area contributed by atoms with Crippen molar-refractivity contribution in [3.63, 3.8) is 0 Å². The van der Waals surface area contributed by atoms with Gasteiger partial charge in [0.25, 0.3) is 11.8 Å². The van der Waals surface area contributed by atoms with Crippen molar-refractivity contribution in [3.8, 4) is 11.5 Å². The first-order valence-corrected chi connectivity index (χ1v) is 8.31. The lowest BCUT2D eigenvalue weighted by Crippen LogP contribution is -2.53. The van der Waals surface area contributed by atoms with Crippen LogP contribution < -0.4 is 19.9 Å². The van der Waals surface area contributed by atoms with E-state index in [1.165, 1.54) is 37.6 Å². The monoisotopic (exact) mass is 399 g/mol. The van der Waals surface area contributed by atoms with E-state index in [9.17, 15) is 24.3 Å². The largest absolute Gasteiger partial charge is 0.546 e. The summed E-state index contributed by atoms with van der Waals surface area (Å²) in [6.45, 7) is -0.802. The molecule has 1 fully saturated rings. The molecule has 1 N–H and O–H groups in total. The van der Waals surface area contributed by atoms with Crippen LogP contribution in [0.4, 0.5) is 4.79 Å². The molecule has 4 amide bonds. The van der Waals surface area contributed by atoms with E-state index in [1.807, 2.05) is 0 Å². The standard InChI is InChI=1S/C19H16N2O8/c1-27-15-8-11(4-5-14(15)29-10-16(22)23)7-13-17(24)20-19(26)21(18(13)25)9-12-3-2-6-28-12/h2-8H,9-10H2,1H3,(H,22,23)(H,20,24,26)/p-1/b13-7+. The predicted octanol–water partition coefficient (Wildman–Crippen LogP) is 0.0789. The second-order valence-electron chi connectivity index (χ2n) is 5.86. The number of hydrogen-bond acceptors (Lipinski definition) is 8. The van der Waals surface area contributed by atoms with Gasteiger partial charge in [0.1, 0.15) is 17.9 Å². The summed E-state index contributed by atoms with van der Waals surface area (Å²) >= 11 is 0. The van der Waals surface area contributed by atoms with Crippen LogP contribution in [0.15, 0.2) is 46.6 Å². The van der Waals surface area contributed by atoms with Gasteiger partial charge in [-0.2, -0.15) is 0 Å². The number of nitrogens with zero attached hydrogens (tertiary/aromatic N) is 1. The highest BCUT2D eigenvalue weighted by atomic mass is 16.5. The van der Waals surface area contributed by atoms with E-state index >= 15 is 0 Å². The number of imide groups is 2. The maximum absolute atomic E-state index is 12.7. The number of methoxy groups -OCH3 is 1. The van der Waals surface area contributed by atoms with Gasteiger partial charge in [-0.3, -0.25) is 19.8 Å². The molecule has 0 radical (unpaired) electrons. The molecule has 0 aliphatic carbocycles. The Kier molecular flexibility index (Phi) is 5.63. The molecule has 1 saturated heterocycles. The molecule has 0 unspecified atom stereocenters. The van der Waals surface area contributed by atoms with Crippen LogP contribution in [0.3, 0.4) is 0 Å². The van der Waals surface area contributed by atoms with Crippen LogP contribution in [-0.4, -0.2) is 42.4 Å². The minimum absolute atomic E-state index is 0.137. The topological polar surface area (TPSA) is 138 Å². The number of carbonyl (C=O) groups excluding carboxylic acids is 4. The van der Waals surface area contributed by atoms with Crippen molar-refractivity contribution in [1.29, 1.82) is 0 Å². The number of furan rings is 1. The quantitative estimate of drug-likeness (QED) is 0.510.